The molecule has 0 saturated heterocycles. The van der Waals surface area contributed by atoms with Crippen molar-refractivity contribution in [2.45, 2.75) is 129 Å². The van der Waals surface area contributed by atoms with Gasteiger partial charge in [0.05, 0.1) is 12.3 Å². The summed E-state index contributed by atoms with van der Waals surface area (Å²) in [6.45, 7) is 26.2. The van der Waals surface area contributed by atoms with E-state index in [9.17, 15) is 0 Å². The number of allylic oxidation sites excluding steroid dienone is 2. The molecule has 3 saturated carbocycles. The molecule has 0 aromatic carbocycles. The zero-order chi connectivity index (χ0) is 31.4. The molecule has 4 aliphatic carbocycles. The second-order valence-corrected chi connectivity index (χ2v) is 30.2. The van der Waals surface area contributed by atoms with Crippen molar-refractivity contribution >= 4 is 36.4 Å². The molecule has 7 nitrogen and oxygen atoms in total. The van der Waals surface area contributed by atoms with Crippen LogP contribution in [0.15, 0.2) is 22.0 Å². The molecular weight excluding hydrogens is 577 g/mol. The number of rotatable bonds is 10. The van der Waals surface area contributed by atoms with Gasteiger partial charge in [0.1, 0.15) is 25.5 Å². The summed E-state index contributed by atoms with van der Waals surface area (Å²) in [5, 5.41) is 9.10. The van der Waals surface area contributed by atoms with Crippen LogP contribution in [0.1, 0.15) is 58.8 Å². The molecule has 0 N–H and O–H groups in total. The summed E-state index contributed by atoms with van der Waals surface area (Å²) in [5.74, 6) is 1.58. The van der Waals surface area contributed by atoms with Gasteiger partial charge in [0.25, 0.3) is 0 Å². The van der Waals surface area contributed by atoms with Crippen LogP contribution in [0.3, 0.4) is 0 Å². The fourth-order valence-corrected chi connectivity index (χ4v) is 12.4. The van der Waals surface area contributed by atoms with Crippen LogP contribution < -0.4 is 0 Å². The molecule has 3 fully saturated rings. The Labute approximate surface area is 259 Å². The van der Waals surface area contributed by atoms with Gasteiger partial charge in [0, 0.05) is 11.5 Å². The molecule has 4 aliphatic rings. The van der Waals surface area contributed by atoms with Crippen LogP contribution in [0.2, 0.25) is 58.9 Å². The van der Waals surface area contributed by atoms with Gasteiger partial charge in [0.2, 0.25) is 0 Å². The highest BCUT2D eigenvalue weighted by atomic mass is 28.4. The molecule has 0 amide bonds. The Balaban J connectivity index is 1.85. The Bertz CT molecular complexity index is 1090. The predicted molar refractivity (Wildman–Crippen MR) is 181 cm³/mol. The van der Waals surface area contributed by atoms with Crippen molar-refractivity contribution in [2.75, 3.05) is 20.8 Å². The van der Waals surface area contributed by atoms with Crippen molar-refractivity contribution in [1.82, 2.24) is 0 Å². The fourth-order valence-electron chi connectivity index (χ4n) is 9.24. The van der Waals surface area contributed by atoms with E-state index in [1.807, 2.05) is 0 Å². The van der Waals surface area contributed by atoms with E-state index < -0.39 is 30.6 Å². The molecule has 0 bridgehead atoms. The monoisotopic (exact) mass is 636 g/mol. The summed E-state index contributed by atoms with van der Waals surface area (Å²) in [5.41, 5.74) is 3.03. The van der Waals surface area contributed by atoms with Crippen molar-refractivity contribution in [1.29, 1.82) is 0 Å². The molecule has 0 aromatic heterocycles. The van der Waals surface area contributed by atoms with Crippen LogP contribution in [-0.4, -0.2) is 68.9 Å². The third-order valence-corrected chi connectivity index (χ3v) is 13.5. The number of hydrogen-bond acceptors (Lipinski definition) is 7. The molecule has 240 valence electrons. The van der Waals surface area contributed by atoms with Gasteiger partial charge in [-0.05, 0) is 133 Å². The van der Waals surface area contributed by atoms with Crippen molar-refractivity contribution in [3.05, 3.63) is 11.6 Å². The van der Waals surface area contributed by atoms with Crippen molar-refractivity contribution in [2.24, 2.45) is 38.9 Å². The first-order valence-electron chi connectivity index (χ1n) is 16.2. The zero-order valence-corrected chi connectivity index (χ0v) is 32.0. The highest BCUT2D eigenvalue weighted by Gasteiger charge is 2.69. The molecule has 4 unspecified atom stereocenters. The first-order valence-corrected chi connectivity index (χ1v) is 26.4. The van der Waals surface area contributed by atoms with Gasteiger partial charge in [-0.2, -0.15) is 0 Å². The van der Waals surface area contributed by atoms with E-state index in [-0.39, 0.29) is 16.9 Å². The highest BCUT2D eigenvalue weighted by molar-refractivity contribution is 6.70. The second kappa shape index (κ2) is 11.9. The lowest BCUT2D eigenvalue weighted by Gasteiger charge is -2.63. The van der Waals surface area contributed by atoms with Gasteiger partial charge < -0.3 is 23.0 Å². The molecule has 4 rings (SSSR count). The third-order valence-electron chi connectivity index (χ3n) is 10.5. The summed E-state index contributed by atoms with van der Waals surface area (Å²) >= 11 is 0. The molecule has 0 heterocycles. The van der Waals surface area contributed by atoms with Crippen LogP contribution in [0.5, 0.6) is 0 Å². The number of oxime groups is 2. The molecule has 0 spiro atoms. The first kappa shape index (κ1) is 34.1. The lowest BCUT2D eigenvalue weighted by Crippen LogP contribution is -2.65. The van der Waals surface area contributed by atoms with Crippen molar-refractivity contribution < 1.29 is 23.0 Å². The summed E-state index contributed by atoms with van der Waals surface area (Å²) in [6.07, 6.45) is 9.97. The predicted octanol–water partition coefficient (Wildman–Crippen LogP) is 8.23. The second-order valence-electron chi connectivity index (χ2n) is 16.8. The van der Waals surface area contributed by atoms with E-state index in [0.717, 1.165) is 49.9 Å². The van der Waals surface area contributed by atoms with E-state index in [1.54, 1.807) is 19.8 Å². The average molecular weight is 637 g/mol. The quantitative estimate of drug-likeness (QED) is 0.137. The SMILES string of the molecule is CON=C1C=C2CCC3C(C(O[Si](C)(C)C)C[C@@]4(C)C3CC[C@]4(O[Si](C)(C)C)C(CO[Si](C)(C)C)=NOC)[C@@]2(C)CC1. The summed E-state index contributed by atoms with van der Waals surface area (Å²) < 4.78 is 21.3. The molecule has 0 radical (unpaired) electrons. The topological polar surface area (TPSA) is 70.9 Å². The Morgan fingerprint density at radius 3 is 2.14 bits per heavy atom. The maximum atomic E-state index is 7.45. The van der Waals surface area contributed by atoms with Crippen LogP contribution in [-0.2, 0) is 23.0 Å². The van der Waals surface area contributed by atoms with Gasteiger partial charge in [-0.15, -0.1) is 0 Å². The Hall–Kier alpha value is -0.789. The Morgan fingerprint density at radius 1 is 0.881 bits per heavy atom. The highest BCUT2D eigenvalue weighted by Crippen LogP contribution is 2.69. The van der Waals surface area contributed by atoms with Crippen molar-refractivity contribution in [3.63, 3.8) is 0 Å². The standard InChI is InChI=1S/C32H60N2O5Si3/c1-30-18-16-24(33-35-3)20-23(30)14-15-25-26-17-19-32(39-42(11,12)13,28(34-36-4)22-37-40(5,6)7)31(26,2)21-27(29(25)30)38-41(8,9)10/h20,25-27,29H,14-19,21-22H2,1-13H3/t25?,26?,27?,29?,30-,31-,32-/m0/s1. The lowest BCUT2D eigenvalue weighted by atomic mass is 9.45. The van der Waals surface area contributed by atoms with E-state index in [0.29, 0.717) is 24.4 Å². The number of nitrogens with zero attached hydrogens (tertiary/aromatic N) is 2. The molecule has 42 heavy (non-hydrogen) atoms. The van der Waals surface area contributed by atoms with Crippen LogP contribution in [0, 0.1) is 28.6 Å². The van der Waals surface area contributed by atoms with Crippen LogP contribution >= 0.6 is 0 Å². The molecule has 10 heteroatoms. The molecule has 0 aromatic rings. The van der Waals surface area contributed by atoms with Gasteiger partial charge in [-0.3, -0.25) is 0 Å². The minimum atomic E-state index is -2.00. The summed E-state index contributed by atoms with van der Waals surface area (Å²) in [7, 11) is -2.34. The van der Waals surface area contributed by atoms with Crippen LogP contribution in [0.4, 0.5) is 0 Å². The van der Waals surface area contributed by atoms with Gasteiger partial charge >= 0.3 is 0 Å². The molecule has 0 aliphatic heterocycles. The maximum absolute atomic E-state index is 7.45. The maximum Gasteiger partial charge on any atom is 0.185 e. The fraction of sp³-hybridized carbons (Fsp3) is 0.875. The number of fused-ring (bicyclic) bond motifs is 5. The smallest absolute Gasteiger partial charge is 0.185 e. The minimum absolute atomic E-state index is 0.108. The van der Waals surface area contributed by atoms with E-state index in [4.69, 9.17) is 28.1 Å². The van der Waals surface area contributed by atoms with Gasteiger partial charge in [-0.25, -0.2) is 0 Å². The summed E-state index contributed by atoms with van der Waals surface area (Å²) in [4.78, 5) is 10.8. The zero-order valence-electron chi connectivity index (χ0n) is 29.0. The van der Waals surface area contributed by atoms with Gasteiger partial charge in [0.15, 0.2) is 25.0 Å². The molecule has 7 atom stereocenters. The van der Waals surface area contributed by atoms with E-state index in [1.165, 1.54) is 6.42 Å². The Morgan fingerprint density at radius 2 is 1.57 bits per heavy atom. The van der Waals surface area contributed by atoms with E-state index in [2.05, 4.69) is 84.0 Å². The average Bonchev–Trinajstić information content (AvgIpc) is 3.11. The minimum Gasteiger partial charge on any atom is -0.414 e. The normalized spacial score (nSPS) is 38.5. The van der Waals surface area contributed by atoms with E-state index >= 15 is 0 Å². The third kappa shape index (κ3) is 6.59. The van der Waals surface area contributed by atoms with Crippen molar-refractivity contribution in [3.8, 4) is 0 Å². The Kier molecular flexibility index (Phi) is 9.62. The van der Waals surface area contributed by atoms with Gasteiger partial charge in [-0.1, -0.05) is 29.7 Å². The first-order chi connectivity index (χ1) is 19.3. The summed E-state index contributed by atoms with van der Waals surface area (Å²) in [6, 6.07) is 0. The number of hydrogen-bond donors (Lipinski definition) is 0. The lowest BCUT2D eigenvalue weighted by molar-refractivity contribution is -0.142. The molecular formula is C32H60N2O5Si3. The largest absolute Gasteiger partial charge is 0.414 e. The van der Waals surface area contributed by atoms with Crippen LogP contribution in [0.25, 0.3) is 0 Å².